The third-order valence-electron chi connectivity index (χ3n) is 12.8. The number of unbranched alkanes of at least 4 members (excludes halogenated alkanes) is 11. The first-order chi connectivity index (χ1) is 26.9. The lowest BCUT2D eigenvalue weighted by Gasteiger charge is -2.33. The molecule has 0 amide bonds. The minimum absolute atomic E-state index is 0.0878. The summed E-state index contributed by atoms with van der Waals surface area (Å²) in [6, 6.07) is 42.3. The Kier molecular flexibility index (Phi) is 14.5. The number of rotatable bonds is 21. The summed E-state index contributed by atoms with van der Waals surface area (Å²) in [5, 5.41) is 0. The van der Waals surface area contributed by atoms with Gasteiger partial charge >= 0.3 is 0 Å². The molecule has 0 radical (unpaired) electrons. The van der Waals surface area contributed by atoms with Gasteiger partial charge in [-0.2, -0.15) is 0 Å². The van der Waals surface area contributed by atoms with Gasteiger partial charge in [0.2, 0.25) is 0 Å². The van der Waals surface area contributed by atoms with Crippen molar-refractivity contribution in [2.75, 3.05) is 4.90 Å². The number of anilines is 3. The molecule has 0 aromatic heterocycles. The molecule has 290 valence electrons. The molecule has 0 saturated carbocycles. The van der Waals surface area contributed by atoms with E-state index in [2.05, 4.69) is 156 Å². The second-order valence-electron chi connectivity index (χ2n) is 16.9. The molecular formula is C54H69N. The largest absolute Gasteiger partial charge is 0.311 e. The van der Waals surface area contributed by atoms with E-state index in [0.29, 0.717) is 5.92 Å². The van der Waals surface area contributed by atoms with E-state index in [9.17, 15) is 0 Å². The van der Waals surface area contributed by atoms with Gasteiger partial charge in [0.25, 0.3) is 0 Å². The van der Waals surface area contributed by atoms with Crippen molar-refractivity contribution < 1.29 is 0 Å². The Morgan fingerprint density at radius 2 is 0.891 bits per heavy atom. The van der Waals surface area contributed by atoms with Crippen molar-refractivity contribution in [1.29, 1.82) is 0 Å². The fraction of sp³-hybridized carbons (Fsp3) is 0.444. The van der Waals surface area contributed by atoms with Crippen LogP contribution >= 0.6 is 0 Å². The molecule has 0 fully saturated rings. The number of aryl methyl sites for hydroxylation is 2. The van der Waals surface area contributed by atoms with Crippen LogP contribution in [0.1, 0.15) is 164 Å². The van der Waals surface area contributed by atoms with Gasteiger partial charge in [-0.3, -0.25) is 0 Å². The summed E-state index contributed by atoms with van der Waals surface area (Å²) in [7, 11) is 0. The van der Waals surface area contributed by atoms with Crippen LogP contribution in [-0.4, -0.2) is 0 Å². The summed E-state index contributed by atoms with van der Waals surface area (Å²) in [6.07, 6.45) is 21.2. The molecule has 1 aliphatic carbocycles. The topological polar surface area (TPSA) is 3.24 Å². The van der Waals surface area contributed by atoms with Gasteiger partial charge in [0.1, 0.15) is 0 Å². The summed E-state index contributed by atoms with van der Waals surface area (Å²) in [6.45, 7) is 13.7. The minimum atomic E-state index is 0.0878. The van der Waals surface area contributed by atoms with Gasteiger partial charge in [-0.05, 0) is 120 Å². The quantitative estimate of drug-likeness (QED) is 0.0679. The van der Waals surface area contributed by atoms with Crippen molar-refractivity contribution in [1.82, 2.24) is 0 Å². The molecule has 0 N–H and O–H groups in total. The Bertz CT molecular complexity index is 1910. The summed E-state index contributed by atoms with van der Waals surface area (Å²) in [4.78, 5) is 2.40. The van der Waals surface area contributed by atoms with E-state index in [1.54, 1.807) is 11.1 Å². The predicted octanol–water partition coefficient (Wildman–Crippen LogP) is 17.1. The van der Waals surface area contributed by atoms with Crippen LogP contribution in [0, 0.1) is 13.8 Å². The van der Waals surface area contributed by atoms with Crippen LogP contribution in [0.15, 0.2) is 109 Å². The van der Waals surface area contributed by atoms with Crippen LogP contribution in [0.5, 0.6) is 0 Å². The first-order valence-electron chi connectivity index (χ1n) is 22.2. The maximum atomic E-state index is 2.60. The van der Waals surface area contributed by atoms with Crippen molar-refractivity contribution in [2.45, 2.75) is 156 Å². The summed E-state index contributed by atoms with van der Waals surface area (Å²) >= 11 is 0. The minimum Gasteiger partial charge on any atom is -0.311 e. The number of benzene rings is 5. The zero-order chi connectivity index (χ0) is 38.6. The van der Waals surface area contributed by atoms with Crippen LogP contribution in [0.3, 0.4) is 0 Å². The molecule has 0 aliphatic heterocycles. The second kappa shape index (κ2) is 19.7. The third-order valence-corrected chi connectivity index (χ3v) is 12.8. The van der Waals surface area contributed by atoms with E-state index >= 15 is 0 Å². The number of hydrogen-bond acceptors (Lipinski definition) is 1. The number of nitrogens with zero attached hydrogens (tertiary/aromatic N) is 1. The Balaban J connectivity index is 1.33. The van der Waals surface area contributed by atoms with Crippen molar-refractivity contribution >= 4 is 17.1 Å². The van der Waals surface area contributed by atoms with E-state index in [1.165, 1.54) is 152 Å². The summed E-state index contributed by atoms with van der Waals surface area (Å²) in [5.41, 5.74) is 16.5. The van der Waals surface area contributed by atoms with Crippen LogP contribution in [0.4, 0.5) is 17.1 Å². The van der Waals surface area contributed by atoms with Gasteiger partial charge in [0, 0.05) is 22.5 Å². The van der Waals surface area contributed by atoms with Crippen molar-refractivity contribution in [3.63, 3.8) is 0 Å². The average Bonchev–Trinajstić information content (AvgIpc) is 3.47. The lowest BCUT2D eigenvalue weighted by atomic mass is 9.70. The second-order valence-corrected chi connectivity index (χ2v) is 16.9. The molecule has 1 heteroatoms. The standard InChI is InChI=1S/C54H69N/c1-7-10-12-14-16-18-20-38-54(37-19-17-15-13-11-8-2)52-39-42(5)23-35-50(52)51-36-28-46(40-53(51)54)45-26-33-49(34-27-45)55(47-29-21-41(4)22-30-47)48-31-24-44(25-32-48)43(6)9-3/h21-36,39-40,43H,7-20,37-38H2,1-6H3. The SMILES string of the molecule is CCCCCCCCCC1(CCCCCCCC)c2cc(C)ccc2-c2ccc(-c3ccc(N(c4ccc(C)cc4)c4ccc(C(C)CC)cc4)cc3)cc21. The van der Waals surface area contributed by atoms with E-state index in [0.717, 1.165) is 6.42 Å². The molecule has 2 unspecified atom stereocenters. The Labute approximate surface area is 335 Å². The number of fused-ring (bicyclic) bond motifs is 3. The molecule has 0 saturated heterocycles. The van der Waals surface area contributed by atoms with Gasteiger partial charge in [0.05, 0.1) is 0 Å². The van der Waals surface area contributed by atoms with Crippen molar-refractivity contribution in [3.8, 4) is 22.3 Å². The molecule has 0 spiro atoms. The molecular weight excluding hydrogens is 663 g/mol. The molecule has 0 heterocycles. The Morgan fingerprint density at radius 1 is 0.455 bits per heavy atom. The fourth-order valence-corrected chi connectivity index (χ4v) is 9.17. The maximum absolute atomic E-state index is 2.60. The van der Waals surface area contributed by atoms with Crippen LogP contribution in [-0.2, 0) is 5.41 Å². The predicted molar refractivity (Wildman–Crippen MR) is 242 cm³/mol. The monoisotopic (exact) mass is 732 g/mol. The van der Waals surface area contributed by atoms with E-state index in [1.807, 2.05) is 0 Å². The molecule has 0 bridgehead atoms. The van der Waals surface area contributed by atoms with Crippen molar-refractivity contribution in [2.24, 2.45) is 0 Å². The van der Waals surface area contributed by atoms with Gasteiger partial charge in [-0.25, -0.2) is 0 Å². The van der Waals surface area contributed by atoms with Crippen LogP contribution in [0.25, 0.3) is 22.3 Å². The number of hydrogen-bond donors (Lipinski definition) is 0. The molecule has 6 rings (SSSR count). The third kappa shape index (κ3) is 9.65. The van der Waals surface area contributed by atoms with E-state index in [-0.39, 0.29) is 5.41 Å². The molecule has 1 aliphatic rings. The van der Waals surface area contributed by atoms with Crippen LogP contribution < -0.4 is 4.90 Å². The van der Waals surface area contributed by atoms with Gasteiger partial charge in [-0.1, -0.05) is 189 Å². The van der Waals surface area contributed by atoms with Gasteiger partial charge < -0.3 is 4.90 Å². The van der Waals surface area contributed by atoms with Crippen LogP contribution in [0.2, 0.25) is 0 Å². The highest BCUT2D eigenvalue weighted by atomic mass is 15.1. The smallest absolute Gasteiger partial charge is 0.0462 e. The molecule has 2 atom stereocenters. The van der Waals surface area contributed by atoms with E-state index in [4.69, 9.17) is 0 Å². The zero-order valence-corrected chi connectivity index (χ0v) is 35.2. The first-order valence-corrected chi connectivity index (χ1v) is 22.2. The Hall–Kier alpha value is -4.10. The van der Waals surface area contributed by atoms with Crippen molar-refractivity contribution in [3.05, 3.63) is 137 Å². The lowest BCUT2D eigenvalue weighted by Crippen LogP contribution is -2.25. The maximum Gasteiger partial charge on any atom is 0.0462 e. The van der Waals surface area contributed by atoms with Gasteiger partial charge in [-0.15, -0.1) is 0 Å². The molecule has 5 aromatic carbocycles. The Morgan fingerprint density at radius 3 is 1.44 bits per heavy atom. The molecule has 55 heavy (non-hydrogen) atoms. The average molecular weight is 732 g/mol. The highest BCUT2D eigenvalue weighted by Crippen LogP contribution is 2.55. The summed E-state index contributed by atoms with van der Waals surface area (Å²) < 4.78 is 0. The highest BCUT2D eigenvalue weighted by molar-refractivity contribution is 5.85. The lowest BCUT2D eigenvalue weighted by molar-refractivity contribution is 0.397. The normalized spacial score (nSPS) is 15.2. The zero-order valence-electron chi connectivity index (χ0n) is 35.2. The summed E-state index contributed by atoms with van der Waals surface area (Å²) in [5.74, 6) is 0.561. The van der Waals surface area contributed by atoms with Gasteiger partial charge in [0.15, 0.2) is 0 Å². The first kappa shape index (κ1) is 40.6. The molecule has 1 nitrogen and oxygen atoms in total. The highest BCUT2D eigenvalue weighted by Gasteiger charge is 2.42. The molecule has 5 aromatic rings. The fourth-order valence-electron chi connectivity index (χ4n) is 9.17. The van der Waals surface area contributed by atoms with E-state index < -0.39 is 0 Å².